The molecule has 0 saturated carbocycles. The highest BCUT2D eigenvalue weighted by molar-refractivity contribution is 8.03. The van der Waals surface area contributed by atoms with E-state index in [0.717, 1.165) is 25.0 Å². The van der Waals surface area contributed by atoms with E-state index in [4.69, 9.17) is 9.98 Å². The second kappa shape index (κ2) is 7.16. The van der Waals surface area contributed by atoms with Crippen molar-refractivity contribution < 1.29 is 0 Å². The lowest BCUT2D eigenvalue weighted by Gasteiger charge is -2.38. The lowest BCUT2D eigenvalue weighted by Crippen LogP contribution is -2.36. The first-order valence-corrected chi connectivity index (χ1v) is 9.84. The van der Waals surface area contributed by atoms with Gasteiger partial charge in [-0.25, -0.2) is 0 Å². The van der Waals surface area contributed by atoms with Crippen molar-refractivity contribution in [1.82, 2.24) is 0 Å². The number of aliphatic imine (C=N–C) groups is 2. The van der Waals surface area contributed by atoms with Crippen LogP contribution in [0.5, 0.6) is 0 Å². The fourth-order valence-electron chi connectivity index (χ4n) is 3.17. The van der Waals surface area contributed by atoms with Crippen LogP contribution in [0.3, 0.4) is 0 Å². The first kappa shape index (κ1) is 17.5. The van der Waals surface area contributed by atoms with Crippen LogP contribution in [0.25, 0.3) is 0 Å². The summed E-state index contributed by atoms with van der Waals surface area (Å²) >= 11 is 1.80. The van der Waals surface area contributed by atoms with E-state index >= 15 is 0 Å². The van der Waals surface area contributed by atoms with E-state index in [2.05, 4.69) is 53.0 Å². The van der Waals surface area contributed by atoms with Crippen LogP contribution >= 0.6 is 11.8 Å². The molecule has 0 radical (unpaired) electrons. The molecule has 3 atom stereocenters. The number of allylic oxidation sites excluding steroid dienone is 4. The Bertz CT molecular complexity index is 542. The second-order valence-corrected chi connectivity index (χ2v) is 7.59. The van der Waals surface area contributed by atoms with Gasteiger partial charge in [-0.15, -0.1) is 11.8 Å². The Balaban J connectivity index is 2.50. The van der Waals surface area contributed by atoms with Crippen LogP contribution in [-0.2, 0) is 0 Å². The van der Waals surface area contributed by atoms with Gasteiger partial charge in [-0.3, -0.25) is 9.98 Å². The molecule has 1 aliphatic heterocycles. The Morgan fingerprint density at radius 1 is 1.36 bits per heavy atom. The Morgan fingerprint density at radius 2 is 2.09 bits per heavy atom. The van der Waals surface area contributed by atoms with Gasteiger partial charge in [0.2, 0.25) is 0 Å². The summed E-state index contributed by atoms with van der Waals surface area (Å²) in [5.74, 6) is 0.607. The highest BCUT2D eigenvalue weighted by Gasteiger charge is 2.36. The lowest BCUT2D eigenvalue weighted by molar-refractivity contribution is 0.345. The van der Waals surface area contributed by atoms with Gasteiger partial charge in [0.25, 0.3) is 0 Å². The highest BCUT2D eigenvalue weighted by atomic mass is 32.2. The Morgan fingerprint density at radius 3 is 2.64 bits per heavy atom. The van der Waals surface area contributed by atoms with E-state index < -0.39 is 0 Å². The van der Waals surface area contributed by atoms with Crippen molar-refractivity contribution in [3.05, 3.63) is 22.6 Å². The summed E-state index contributed by atoms with van der Waals surface area (Å²) in [4.78, 5) is 11.3. The smallest absolute Gasteiger partial charge is 0.0753 e. The monoisotopic (exact) mass is 318 g/mol. The zero-order valence-corrected chi connectivity index (χ0v) is 15.8. The number of thioether (sulfide) groups is 1. The van der Waals surface area contributed by atoms with Gasteiger partial charge in [0, 0.05) is 10.9 Å². The van der Waals surface area contributed by atoms with E-state index in [1.54, 1.807) is 11.8 Å². The SMILES string of the molecule is CCC(C)N=C1C=C(SC)C2=NC(C)(CC)CC(CC)C2=C1. The standard InChI is InChI=1S/C19H30N2S/c1-7-13(4)20-15-10-16-14(8-2)12-19(5,9-3)21-18(16)17(11-15)22-6/h10-11,13-14H,7-9,12H2,1-6H3. The van der Waals surface area contributed by atoms with Gasteiger partial charge in [0.15, 0.2) is 0 Å². The van der Waals surface area contributed by atoms with Crippen molar-refractivity contribution in [2.75, 3.05) is 6.26 Å². The molecule has 2 rings (SSSR count). The molecule has 0 saturated heterocycles. The molecule has 0 amide bonds. The van der Waals surface area contributed by atoms with Crippen molar-refractivity contribution >= 4 is 23.2 Å². The number of hydrogen-bond acceptors (Lipinski definition) is 3. The normalized spacial score (nSPS) is 31.3. The van der Waals surface area contributed by atoms with E-state index in [-0.39, 0.29) is 5.54 Å². The summed E-state index contributed by atoms with van der Waals surface area (Å²) in [6.45, 7) is 11.2. The van der Waals surface area contributed by atoms with Crippen molar-refractivity contribution in [2.45, 2.75) is 71.9 Å². The average Bonchev–Trinajstić information content (AvgIpc) is 2.53. The molecule has 0 aromatic heterocycles. The van der Waals surface area contributed by atoms with Gasteiger partial charge < -0.3 is 0 Å². The van der Waals surface area contributed by atoms with E-state index in [1.165, 1.54) is 22.6 Å². The summed E-state index contributed by atoms with van der Waals surface area (Å²) in [5.41, 5.74) is 3.87. The molecule has 0 aromatic rings. The Labute approximate surface area is 140 Å². The van der Waals surface area contributed by atoms with Gasteiger partial charge in [0.05, 0.1) is 17.0 Å². The maximum absolute atomic E-state index is 5.14. The first-order chi connectivity index (χ1) is 10.5. The zero-order chi connectivity index (χ0) is 16.3. The van der Waals surface area contributed by atoms with Crippen LogP contribution in [0.4, 0.5) is 0 Å². The number of rotatable bonds is 5. The van der Waals surface area contributed by atoms with Crippen LogP contribution in [0.1, 0.15) is 60.3 Å². The molecule has 1 heterocycles. The van der Waals surface area contributed by atoms with Gasteiger partial charge in [-0.1, -0.05) is 20.8 Å². The molecule has 0 aromatic carbocycles. The number of hydrogen-bond donors (Lipinski definition) is 0. The van der Waals surface area contributed by atoms with Crippen molar-refractivity contribution in [3.63, 3.8) is 0 Å². The van der Waals surface area contributed by atoms with Crippen LogP contribution < -0.4 is 0 Å². The first-order valence-electron chi connectivity index (χ1n) is 8.62. The Kier molecular flexibility index (Phi) is 5.70. The minimum absolute atomic E-state index is 0.0908. The van der Waals surface area contributed by atoms with Crippen molar-refractivity contribution in [2.24, 2.45) is 15.9 Å². The molecule has 22 heavy (non-hydrogen) atoms. The van der Waals surface area contributed by atoms with E-state index in [9.17, 15) is 0 Å². The summed E-state index contributed by atoms with van der Waals surface area (Å²) in [6, 6.07) is 0.384. The molecule has 1 aliphatic carbocycles. The average molecular weight is 319 g/mol. The summed E-state index contributed by atoms with van der Waals surface area (Å²) < 4.78 is 0. The third kappa shape index (κ3) is 3.56. The topological polar surface area (TPSA) is 24.7 Å². The quantitative estimate of drug-likeness (QED) is 0.618. The molecule has 0 N–H and O–H groups in total. The van der Waals surface area contributed by atoms with Gasteiger partial charge >= 0.3 is 0 Å². The fraction of sp³-hybridized carbons (Fsp3) is 0.684. The van der Waals surface area contributed by atoms with E-state index in [1.807, 2.05) is 0 Å². The maximum Gasteiger partial charge on any atom is 0.0753 e. The predicted molar refractivity (Wildman–Crippen MR) is 101 cm³/mol. The molecule has 0 spiro atoms. The fourth-order valence-corrected chi connectivity index (χ4v) is 3.76. The molecule has 122 valence electrons. The van der Waals surface area contributed by atoms with Crippen LogP contribution in [0.2, 0.25) is 0 Å². The van der Waals surface area contributed by atoms with E-state index in [0.29, 0.717) is 12.0 Å². The molecule has 3 heteroatoms. The zero-order valence-electron chi connectivity index (χ0n) is 14.9. The summed E-state index contributed by atoms with van der Waals surface area (Å²) in [6.07, 6.45) is 11.2. The minimum atomic E-state index is 0.0908. The maximum atomic E-state index is 5.14. The molecule has 0 bridgehead atoms. The molecular weight excluding hydrogens is 288 g/mol. The number of nitrogens with zero attached hydrogens (tertiary/aromatic N) is 2. The second-order valence-electron chi connectivity index (χ2n) is 6.74. The molecule has 2 aliphatic rings. The highest BCUT2D eigenvalue weighted by Crippen LogP contribution is 2.41. The van der Waals surface area contributed by atoms with Gasteiger partial charge in [-0.2, -0.15) is 0 Å². The molecule has 2 nitrogen and oxygen atoms in total. The lowest BCUT2D eigenvalue weighted by atomic mass is 9.75. The molecule has 0 fully saturated rings. The summed E-state index contributed by atoms with van der Waals surface area (Å²) in [7, 11) is 0. The molecule has 3 unspecified atom stereocenters. The van der Waals surface area contributed by atoms with Crippen LogP contribution in [0, 0.1) is 5.92 Å². The predicted octanol–water partition coefficient (Wildman–Crippen LogP) is 5.45. The largest absolute Gasteiger partial charge is 0.282 e. The number of fused-ring (bicyclic) bond motifs is 1. The van der Waals surface area contributed by atoms with Crippen molar-refractivity contribution in [1.29, 1.82) is 0 Å². The molecular formula is C19H30N2S. The van der Waals surface area contributed by atoms with Gasteiger partial charge in [-0.05, 0) is 69.4 Å². The van der Waals surface area contributed by atoms with Gasteiger partial charge in [0.1, 0.15) is 0 Å². The van der Waals surface area contributed by atoms with Crippen LogP contribution in [0.15, 0.2) is 32.6 Å². The summed E-state index contributed by atoms with van der Waals surface area (Å²) in [5, 5.41) is 0. The third-order valence-corrected chi connectivity index (χ3v) is 5.78. The third-order valence-electron chi connectivity index (χ3n) is 5.03. The Hall–Kier alpha value is -0.830. The van der Waals surface area contributed by atoms with Crippen LogP contribution in [-0.4, -0.2) is 29.3 Å². The minimum Gasteiger partial charge on any atom is -0.282 e. The van der Waals surface area contributed by atoms with Crippen molar-refractivity contribution in [3.8, 4) is 0 Å².